The van der Waals surface area contributed by atoms with Crippen molar-refractivity contribution in [2.45, 2.75) is 26.3 Å². The number of nitrogens with one attached hydrogen (secondary N) is 1. The molecule has 0 saturated heterocycles. The highest BCUT2D eigenvalue weighted by Crippen LogP contribution is 2.21. The molecule has 128 valence electrons. The molecule has 25 heavy (non-hydrogen) atoms. The second-order valence-corrected chi connectivity index (χ2v) is 7.16. The van der Waals surface area contributed by atoms with E-state index >= 15 is 0 Å². The van der Waals surface area contributed by atoms with Crippen molar-refractivity contribution < 1.29 is 4.79 Å². The van der Waals surface area contributed by atoms with Crippen LogP contribution >= 0.6 is 11.3 Å². The van der Waals surface area contributed by atoms with Gasteiger partial charge < -0.3 is 0 Å². The number of aromatic nitrogens is 3. The van der Waals surface area contributed by atoms with Crippen LogP contribution in [0.2, 0.25) is 0 Å². The summed E-state index contributed by atoms with van der Waals surface area (Å²) in [6.07, 6.45) is 3.64. The van der Waals surface area contributed by atoms with Gasteiger partial charge in [-0.15, -0.1) is 11.3 Å². The van der Waals surface area contributed by atoms with Crippen LogP contribution in [0.4, 0.5) is 5.95 Å². The average molecular weight is 353 g/mol. The Bertz CT molecular complexity index is 923. The monoisotopic (exact) mass is 353 g/mol. The van der Waals surface area contributed by atoms with Gasteiger partial charge in [-0.25, -0.2) is 15.0 Å². The third-order valence-electron chi connectivity index (χ3n) is 4.41. The number of carbonyl (C=O) groups excluding carboxylic acids is 1. The van der Waals surface area contributed by atoms with Crippen molar-refractivity contribution in [3.63, 3.8) is 0 Å². The molecule has 0 unspecified atom stereocenters. The molecule has 1 N–H and O–H groups in total. The van der Waals surface area contributed by atoms with Gasteiger partial charge in [-0.05, 0) is 29.7 Å². The predicted octanol–water partition coefficient (Wildman–Crippen LogP) is 2.65. The molecule has 4 rings (SSSR count). The Morgan fingerprint density at radius 1 is 1.28 bits per heavy atom. The van der Waals surface area contributed by atoms with Crippen molar-refractivity contribution in [2.24, 2.45) is 0 Å². The number of rotatable bonds is 3. The minimum Gasteiger partial charge on any atom is -0.298 e. The Morgan fingerprint density at radius 3 is 3.04 bits per heavy atom. The maximum absolute atomic E-state index is 11.2. The summed E-state index contributed by atoms with van der Waals surface area (Å²) in [5.41, 5.74) is 6.46. The van der Waals surface area contributed by atoms with Crippen LogP contribution in [-0.4, -0.2) is 38.8 Å². The number of benzene rings is 1. The topological polar surface area (TPSA) is 71.0 Å². The first-order valence-electron chi connectivity index (χ1n) is 8.34. The first-order chi connectivity index (χ1) is 12.2. The van der Waals surface area contributed by atoms with Gasteiger partial charge in [0.05, 0.1) is 21.4 Å². The number of thiazole rings is 1. The molecule has 1 aliphatic heterocycles. The number of fused-ring (bicyclic) bond motifs is 2. The Labute approximate surface area is 149 Å². The molecule has 7 heteroatoms. The number of hydrogen-bond acceptors (Lipinski definition) is 6. The summed E-state index contributed by atoms with van der Waals surface area (Å²) in [5.74, 6) is 0.251. The number of hydrogen-bond donors (Lipinski definition) is 1. The highest BCUT2D eigenvalue weighted by Gasteiger charge is 2.17. The maximum Gasteiger partial charge on any atom is 0.229 e. The van der Waals surface area contributed by atoms with Gasteiger partial charge in [-0.3, -0.25) is 15.0 Å². The van der Waals surface area contributed by atoms with Crippen molar-refractivity contribution in [3.8, 4) is 0 Å². The quantitative estimate of drug-likeness (QED) is 0.784. The van der Waals surface area contributed by atoms with Crippen LogP contribution in [0.15, 0.2) is 29.9 Å². The molecule has 1 aliphatic rings. The van der Waals surface area contributed by atoms with Gasteiger partial charge in [0.2, 0.25) is 11.9 Å². The van der Waals surface area contributed by atoms with E-state index in [-0.39, 0.29) is 5.91 Å². The van der Waals surface area contributed by atoms with E-state index in [4.69, 9.17) is 0 Å². The molecule has 6 nitrogen and oxygen atoms in total. The molecule has 0 atom stereocenters. The first-order valence-corrected chi connectivity index (χ1v) is 9.22. The average Bonchev–Trinajstić information content (AvgIpc) is 2.96. The molecule has 0 bridgehead atoms. The van der Waals surface area contributed by atoms with Crippen LogP contribution in [0.3, 0.4) is 0 Å². The van der Waals surface area contributed by atoms with Crippen molar-refractivity contribution in [1.82, 2.24) is 19.9 Å². The van der Waals surface area contributed by atoms with E-state index in [9.17, 15) is 4.79 Å². The second kappa shape index (κ2) is 6.85. The van der Waals surface area contributed by atoms with E-state index in [0.29, 0.717) is 5.95 Å². The first kappa shape index (κ1) is 16.1. The third kappa shape index (κ3) is 3.67. The van der Waals surface area contributed by atoms with Crippen LogP contribution in [-0.2, 0) is 24.2 Å². The standard InChI is InChI=1S/C18H19N5OS/c1-12(24)21-18-19-9-14-4-6-23(7-5-15(14)22-18)10-13-2-3-17-16(8-13)20-11-25-17/h2-3,8-9,11H,4-7,10H2,1H3,(H,19,21,22,24). The van der Waals surface area contributed by atoms with E-state index in [2.05, 4.69) is 43.4 Å². The van der Waals surface area contributed by atoms with Crippen LogP contribution in [0.5, 0.6) is 0 Å². The van der Waals surface area contributed by atoms with Crippen LogP contribution in [0, 0.1) is 0 Å². The van der Waals surface area contributed by atoms with Crippen LogP contribution in [0.25, 0.3) is 10.2 Å². The predicted molar refractivity (Wildman–Crippen MR) is 98.6 cm³/mol. The van der Waals surface area contributed by atoms with E-state index in [0.717, 1.165) is 43.7 Å². The molecule has 0 fully saturated rings. The normalized spacial score (nSPS) is 14.9. The smallest absolute Gasteiger partial charge is 0.229 e. The molecule has 3 heterocycles. The van der Waals surface area contributed by atoms with E-state index in [1.54, 1.807) is 11.3 Å². The SMILES string of the molecule is CC(=O)Nc1ncc2c(n1)CCN(Cc1ccc3scnc3c1)CC2. The van der Waals surface area contributed by atoms with E-state index in [1.807, 2.05) is 11.7 Å². The zero-order valence-corrected chi connectivity index (χ0v) is 14.8. The molecule has 0 spiro atoms. The Balaban J connectivity index is 1.46. The fourth-order valence-corrected chi connectivity index (χ4v) is 3.82. The third-order valence-corrected chi connectivity index (χ3v) is 5.22. The van der Waals surface area contributed by atoms with Crippen molar-refractivity contribution in [2.75, 3.05) is 18.4 Å². The van der Waals surface area contributed by atoms with E-state index < -0.39 is 0 Å². The molecule has 2 aromatic heterocycles. The largest absolute Gasteiger partial charge is 0.298 e. The summed E-state index contributed by atoms with van der Waals surface area (Å²) in [6.45, 7) is 4.30. The number of nitrogens with zero attached hydrogens (tertiary/aromatic N) is 4. The minimum atomic E-state index is -0.146. The highest BCUT2D eigenvalue weighted by molar-refractivity contribution is 7.16. The highest BCUT2D eigenvalue weighted by atomic mass is 32.1. The molecule has 1 amide bonds. The van der Waals surface area contributed by atoms with Crippen LogP contribution < -0.4 is 5.32 Å². The van der Waals surface area contributed by atoms with Crippen molar-refractivity contribution >= 4 is 33.4 Å². The summed E-state index contributed by atoms with van der Waals surface area (Å²) in [7, 11) is 0. The van der Waals surface area contributed by atoms with E-state index in [1.165, 1.54) is 22.8 Å². The molecule has 0 saturated carbocycles. The second-order valence-electron chi connectivity index (χ2n) is 6.28. The Morgan fingerprint density at radius 2 is 2.16 bits per heavy atom. The Kier molecular flexibility index (Phi) is 4.42. The van der Waals surface area contributed by atoms with Crippen LogP contribution in [0.1, 0.15) is 23.7 Å². The lowest BCUT2D eigenvalue weighted by molar-refractivity contribution is -0.114. The summed E-state index contributed by atoms with van der Waals surface area (Å²) in [4.78, 5) is 26.8. The molecular weight excluding hydrogens is 334 g/mol. The maximum atomic E-state index is 11.2. The van der Waals surface area contributed by atoms with Gasteiger partial charge in [0.1, 0.15) is 0 Å². The lowest BCUT2D eigenvalue weighted by Gasteiger charge is -2.19. The molecule has 3 aromatic rings. The molecule has 0 aliphatic carbocycles. The van der Waals surface area contributed by atoms with Crippen molar-refractivity contribution in [3.05, 3.63) is 46.7 Å². The summed E-state index contributed by atoms with van der Waals surface area (Å²) in [5, 5.41) is 2.66. The summed E-state index contributed by atoms with van der Waals surface area (Å²) >= 11 is 1.67. The lowest BCUT2D eigenvalue weighted by atomic mass is 10.1. The Hall–Kier alpha value is -2.38. The molecule has 0 radical (unpaired) electrons. The van der Waals surface area contributed by atoms with Crippen molar-refractivity contribution in [1.29, 1.82) is 0 Å². The fraction of sp³-hybridized carbons (Fsp3) is 0.333. The van der Waals surface area contributed by atoms with Gasteiger partial charge in [0, 0.05) is 39.2 Å². The number of amides is 1. The summed E-state index contributed by atoms with van der Waals surface area (Å²) < 4.78 is 1.23. The lowest BCUT2D eigenvalue weighted by Crippen LogP contribution is -2.25. The fourth-order valence-electron chi connectivity index (χ4n) is 3.16. The van der Waals surface area contributed by atoms with Gasteiger partial charge in [0.15, 0.2) is 0 Å². The van der Waals surface area contributed by atoms with Gasteiger partial charge >= 0.3 is 0 Å². The van der Waals surface area contributed by atoms with Gasteiger partial charge in [-0.1, -0.05) is 6.07 Å². The molecule has 1 aromatic carbocycles. The van der Waals surface area contributed by atoms with Gasteiger partial charge in [0.25, 0.3) is 0 Å². The number of carbonyl (C=O) groups is 1. The molecular formula is C18H19N5OS. The zero-order chi connectivity index (χ0) is 17.2. The minimum absolute atomic E-state index is 0.146. The van der Waals surface area contributed by atoms with Gasteiger partial charge in [-0.2, -0.15) is 0 Å². The number of anilines is 1. The summed E-state index contributed by atoms with van der Waals surface area (Å²) in [6, 6.07) is 6.52. The zero-order valence-electron chi connectivity index (χ0n) is 14.0.